The summed E-state index contributed by atoms with van der Waals surface area (Å²) in [5, 5.41) is 0.641. The summed E-state index contributed by atoms with van der Waals surface area (Å²) in [6, 6.07) is 6.99. The lowest BCUT2D eigenvalue weighted by molar-refractivity contribution is 0.0597. The van der Waals surface area contributed by atoms with Crippen molar-refractivity contribution in [3.8, 4) is 11.6 Å². The van der Waals surface area contributed by atoms with Crippen LogP contribution in [-0.4, -0.2) is 18.1 Å². The van der Waals surface area contributed by atoms with Gasteiger partial charge in [0.1, 0.15) is 11.3 Å². The Hall–Kier alpha value is -2.07. The first kappa shape index (κ1) is 15.3. The van der Waals surface area contributed by atoms with Crippen molar-refractivity contribution in [3.05, 3.63) is 51.7 Å². The molecule has 1 aromatic carbocycles. The minimum atomic E-state index is -0.484. The SMILES string of the molecule is COC(=O)c1ccc(C)nc1Oc1c(C)cc(Cl)cc1C. The average Bonchev–Trinajstić information content (AvgIpc) is 2.42. The van der Waals surface area contributed by atoms with Gasteiger partial charge in [-0.05, 0) is 56.2 Å². The third kappa shape index (κ3) is 3.34. The summed E-state index contributed by atoms with van der Waals surface area (Å²) in [5.74, 6) is 0.389. The number of ether oxygens (including phenoxy) is 2. The van der Waals surface area contributed by atoms with Crippen LogP contribution in [0.25, 0.3) is 0 Å². The Morgan fingerprint density at radius 3 is 2.33 bits per heavy atom. The second-order valence-electron chi connectivity index (χ2n) is 4.77. The second kappa shape index (κ2) is 6.14. The number of carbonyl (C=O) groups is 1. The monoisotopic (exact) mass is 305 g/mol. The normalized spacial score (nSPS) is 10.3. The summed E-state index contributed by atoms with van der Waals surface area (Å²) in [5.41, 5.74) is 2.79. The Bertz CT molecular complexity index is 675. The molecule has 0 fully saturated rings. The highest BCUT2D eigenvalue weighted by molar-refractivity contribution is 6.30. The number of hydrogen-bond acceptors (Lipinski definition) is 4. The number of nitrogens with zero attached hydrogens (tertiary/aromatic N) is 1. The summed E-state index contributed by atoms with van der Waals surface area (Å²) in [6.07, 6.45) is 0. The van der Waals surface area contributed by atoms with Gasteiger partial charge in [0.2, 0.25) is 5.88 Å². The van der Waals surface area contributed by atoms with Gasteiger partial charge < -0.3 is 9.47 Å². The number of halogens is 1. The number of esters is 1. The van der Waals surface area contributed by atoms with Crippen molar-refractivity contribution in [1.82, 2.24) is 4.98 Å². The molecule has 0 saturated carbocycles. The Labute approximate surface area is 128 Å². The quantitative estimate of drug-likeness (QED) is 0.796. The maximum atomic E-state index is 11.8. The fourth-order valence-electron chi connectivity index (χ4n) is 2.03. The zero-order valence-corrected chi connectivity index (χ0v) is 13.1. The van der Waals surface area contributed by atoms with E-state index in [2.05, 4.69) is 4.98 Å². The first-order valence-electron chi connectivity index (χ1n) is 6.43. The molecule has 1 heterocycles. The molecule has 0 unspecified atom stereocenters. The van der Waals surface area contributed by atoms with Crippen molar-refractivity contribution in [2.45, 2.75) is 20.8 Å². The second-order valence-corrected chi connectivity index (χ2v) is 5.20. The minimum absolute atomic E-state index is 0.232. The van der Waals surface area contributed by atoms with Crippen molar-refractivity contribution in [2.24, 2.45) is 0 Å². The van der Waals surface area contributed by atoms with Gasteiger partial charge in [-0.2, -0.15) is 0 Å². The van der Waals surface area contributed by atoms with E-state index in [0.717, 1.165) is 16.8 Å². The van der Waals surface area contributed by atoms with E-state index in [4.69, 9.17) is 21.1 Å². The van der Waals surface area contributed by atoms with E-state index in [1.165, 1.54) is 7.11 Å². The van der Waals surface area contributed by atoms with Gasteiger partial charge in [-0.15, -0.1) is 0 Å². The third-order valence-corrected chi connectivity index (χ3v) is 3.25. The molecule has 1 aromatic heterocycles. The van der Waals surface area contributed by atoms with Crippen LogP contribution in [0, 0.1) is 20.8 Å². The molecule has 4 nitrogen and oxygen atoms in total. The topological polar surface area (TPSA) is 48.4 Å². The standard InChI is InChI=1S/C16H16ClNO3/c1-9-7-12(17)8-10(2)14(9)21-15-13(16(19)20-4)6-5-11(3)18-15/h5-8H,1-4H3. The van der Waals surface area contributed by atoms with Crippen LogP contribution in [-0.2, 0) is 4.74 Å². The fourth-order valence-corrected chi connectivity index (χ4v) is 2.36. The zero-order valence-electron chi connectivity index (χ0n) is 12.4. The van der Waals surface area contributed by atoms with Crippen LogP contribution in [0.4, 0.5) is 0 Å². The van der Waals surface area contributed by atoms with Gasteiger partial charge in [0, 0.05) is 10.7 Å². The molecular formula is C16H16ClNO3. The van der Waals surface area contributed by atoms with E-state index in [9.17, 15) is 4.79 Å². The molecule has 21 heavy (non-hydrogen) atoms. The van der Waals surface area contributed by atoms with Crippen LogP contribution >= 0.6 is 11.6 Å². The van der Waals surface area contributed by atoms with Crippen LogP contribution in [0.5, 0.6) is 11.6 Å². The molecule has 5 heteroatoms. The van der Waals surface area contributed by atoms with E-state index in [1.807, 2.05) is 20.8 Å². The summed E-state index contributed by atoms with van der Waals surface area (Å²) in [4.78, 5) is 16.1. The number of benzene rings is 1. The lowest BCUT2D eigenvalue weighted by atomic mass is 10.1. The molecule has 0 atom stereocenters. The summed E-state index contributed by atoms with van der Waals surface area (Å²) in [6.45, 7) is 5.61. The maximum Gasteiger partial charge on any atom is 0.343 e. The van der Waals surface area contributed by atoms with Crippen molar-refractivity contribution in [3.63, 3.8) is 0 Å². The highest BCUT2D eigenvalue weighted by Crippen LogP contribution is 2.32. The lowest BCUT2D eigenvalue weighted by Gasteiger charge is -2.14. The van der Waals surface area contributed by atoms with Crippen molar-refractivity contribution in [2.75, 3.05) is 7.11 Å². The Morgan fingerprint density at radius 2 is 1.76 bits per heavy atom. The number of carbonyl (C=O) groups excluding carboxylic acids is 1. The molecule has 0 radical (unpaired) electrons. The Kier molecular flexibility index (Phi) is 4.48. The predicted molar refractivity (Wildman–Crippen MR) is 81.3 cm³/mol. The molecule has 2 aromatic rings. The fraction of sp³-hybridized carbons (Fsp3) is 0.250. The van der Waals surface area contributed by atoms with E-state index >= 15 is 0 Å². The lowest BCUT2D eigenvalue weighted by Crippen LogP contribution is -2.06. The molecule has 0 aliphatic heterocycles. The molecule has 0 aliphatic carbocycles. The number of rotatable bonds is 3. The summed E-state index contributed by atoms with van der Waals surface area (Å²) in [7, 11) is 1.32. The summed E-state index contributed by atoms with van der Waals surface area (Å²) >= 11 is 6.01. The highest BCUT2D eigenvalue weighted by atomic mass is 35.5. The number of aryl methyl sites for hydroxylation is 3. The molecule has 0 amide bonds. The van der Waals surface area contributed by atoms with Gasteiger partial charge in [-0.3, -0.25) is 0 Å². The van der Waals surface area contributed by atoms with Crippen LogP contribution < -0.4 is 4.74 Å². The van der Waals surface area contributed by atoms with E-state index in [0.29, 0.717) is 10.8 Å². The molecule has 0 bridgehead atoms. The molecule has 0 N–H and O–H groups in total. The number of pyridine rings is 1. The highest BCUT2D eigenvalue weighted by Gasteiger charge is 2.17. The van der Waals surface area contributed by atoms with Gasteiger partial charge >= 0.3 is 5.97 Å². The van der Waals surface area contributed by atoms with Crippen LogP contribution in [0.2, 0.25) is 5.02 Å². The molecular weight excluding hydrogens is 290 g/mol. The number of hydrogen-bond donors (Lipinski definition) is 0. The van der Waals surface area contributed by atoms with E-state index < -0.39 is 5.97 Å². The van der Waals surface area contributed by atoms with Gasteiger partial charge in [-0.1, -0.05) is 11.6 Å². The Morgan fingerprint density at radius 1 is 1.14 bits per heavy atom. The van der Waals surface area contributed by atoms with E-state index in [1.54, 1.807) is 24.3 Å². The molecule has 0 spiro atoms. The third-order valence-electron chi connectivity index (χ3n) is 3.03. The van der Waals surface area contributed by atoms with E-state index in [-0.39, 0.29) is 11.4 Å². The first-order chi connectivity index (χ1) is 9.92. The van der Waals surface area contributed by atoms with Crippen LogP contribution in [0.3, 0.4) is 0 Å². The minimum Gasteiger partial charge on any atom is -0.465 e. The molecule has 2 rings (SSSR count). The van der Waals surface area contributed by atoms with Gasteiger partial charge in [-0.25, -0.2) is 9.78 Å². The largest absolute Gasteiger partial charge is 0.465 e. The molecule has 0 saturated heterocycles. The van der Waals surface area contributed by atoms with Gasteiger partial charge in [0.05, 0.1) is 7.11 Å². The van der Waals surface area contributed by atoms with Crippen molar-refractivity contribution < 1.29 is 14.3 Å². The summed E-state index contributed by atoms with van der Waals surface area (Å²) < 4.78 is 10.6. The maximum absolute atomic E-state index is 11.8. The molecule has 110 valence electrons. The average molecular weight is 306 g/mol. The number of aromatic nitrogens is 1. The zero-order chi connectivity index (χ0) is 15.6. The first-order valence-corrected chi connectivity index (χ1v) is 6.80. The Balaban J connectivity index is 2.49. The van der Waals surface area contributed by atoms with Crippen LogP contribution in [0.15, 0.2) is 24.3 Å². The van der Waals surface area contributed by atoms with Crippen molar-refractivity contribution >= 4 is 17.6 Å². The smallest absolute Gasteiger partial charge is 0.343 e. The number of methoxy groups -OCH3 is 1. The predicted octanol–water partition coefficient (Wildman–Crippen LogP) is 4.24. The van der Waals surface area contributed by atoms with Gasteiger partial charge in [0.25, 0.3) is 0 Å². The molecule has 0 aliphatic rings. The van der Waals surface area contributed by atoms with Gasteiger partial charge in [0.15, 0.2) is 0 Å². The van der Waals surface area contributed by atoms with Crippen molar-refractivity contribution in [1.29, 1.82) is 0 Å². The van der Waals surface area contributed by atoms with Crippen LogP contribution in [0.1, 0.15) is 27.2 Å².